The van der Waals surface area contributed by atoms with E-state index in [1.807, 2.05) is 24.3 Å². The predicted octanol–water partition coefficient (Wildman–Crippen LogP) is 1.80. The van der Waals surface area contributed by atoms with Crippen LogP contribution in [0.2, 0.25) is 0 Å². The Morgan fingerprint density at radius 2 is 1.69 bits per heavy atom. The van der Waals surface area contributed by atoms with Crippen LogP contribution < -0.4 is 10.5 Å². The van der Waals surface area contributed by atoms with Crippen LogP contribution in [0.5, 0.6) is 5.75 Å². The van der Waals surface area contributed by atoms with Gasteiger partial charge in [-0.2, -0.15) is 0 Å². The van der Waals surface area contributed by atoms with E-state index >= 15 is 0 Å². The fraction of sp³-hybridized carbons (Fsp3) is 0.300. The highest BCUT2D eigenvalue weighted by Gasteiger charge is 2.25. The Morgan fingerprint density at radius 3 is 2.38 bits per heavy atom. The molecule has 0 bridgehead atoms. The van der Waals surface area contributed by atoms with E-state index in [-0.39, 0.29) is 11.8 Å². The number of nitrogen functional groups attached to an aromatic ring is 1. The molecule has 26 heavy (non-hydrogen) atoms. The van der Waals surface area contributed by atoms with Crippen molar-refractivity contribution < 1.29 is 14.3 Å². The molecule has 2 aromatic carbocycles. The minimum atomic E-state index is -0.0806. The molecule has 2 amide bonds. The van der Waals surface area contributed by atoms with E-state index in [1.165, 1.54) is 0 Å². The summed E-state index contributed by atoms with van der Waals surface area (Å²) in [5, 5.41) is 0. The normalized spacial score (nSPS) is 14.2. The maximum atomic E-state index is 12.6. The molecule has 136 valence electrons. The van der Waals surface area contributed by atoms with Crippen LogP contribution in [-0.4, -0.2) is 54.9 Å². The summed E-state index contributed by atoms with van der Waals surface area (Å²) in [6.07, 6.45) is 0.330. The molecule has 6 nitrogen and oxygen atoms in total. The van der Waals surface area contributed by atoms with Gasteiger partial charge in [0.2, 0.25) is 5.91 Å². The first-order chi connectivity index (χ1) is 12.6. The highest BCUT2D eigenvalue weighted by Crippen LogP contribution is 2.17. The maximum absolute atomic E-state index is 12.6. The predicted molar refractivity (Wildman–Crippen MR) is 100 cm³/mol. The summed E-state index contributed by atoms with van der Waals surface area (Å²) in [4.78, 5) is 28.7. The van der Waals surface area contributed by atoms with Crippen LogP contribution in [0.1, 0.15) is 15.9 Å². The van der Waals surface area contributed by atoms with Gasteiger partial charge in [0.15, 0.2) is 0 Å². The monoisotopic (exact) mass is 353 g/mol. The van der Waals surface area contributed by atoms with Crippen LogP contribution in [0.4, 0.5) is 5.69 Å². The standard InChI is InChI=1S/C20H23N3O3/c1-26-16-6-4-5-15(13-16)14-19(24)22-9-11-23(12-10-22)20(25)17-7-2-3-8-18(17)21/h2-8,13H,9-12,14,21H2,1H3. The number of para-hydroxylation sites is 1. The first kappa shape index (κ1) is 17.8. The summed E-state index contributed by atoms with van der Waals surface area (Å²) in [5.41, 5.74) is 7.81. The first-order valence-corrected chi connectivity index (χ1v) is 8.63. The van der Waals surface area contributed by atoms with Crippen molar-refractivity contribution >= 4 is 17.5 Å². The molecule has 0 saturated carbocycles. The quantitative estimate of drug-likeness (QED) is 0.851. The van der Waals surface area contributed by atoms with Gasteiger partial charge in [-0.25, -0.2) is 0 Å². The number of ether oxygens (including phenoxy) is 1. The van der Waals surface area contributed by atoms with Gasteiger partial charge in [-0.3, -0.25) is 9.59 Å². The van der Waals surface area contributed by atoms with Crippen molar-refractivity contribution in [1.82, 2.24) is 9.80 Å². The summed E-state index contributed by atoms with van der Waals surface area (Å²) < 4.78 is 5.19. The number of benzene rings is 2. The van der Waals surface area contributed by atoms with Gasteiger partial charge < -0.3 is 20.3 Å². The number of piperazine rings is 1. The largest absolute Gasteiger partial charge is 0.497 e. The zero-order chi connectivity index (χ0) is 18.5. The molecule has 0 aromatic heterocycles. The fourth-order valence-corrected chi connectivity index (χ4v) is 3.09. The van der Waals surface area contributed by atoms with Crippen molar-refractivity contribution in [2.24, 2.45) is 0 Å². The number of nitrogens with two attached hydrogens (primary N) is 1. The third kappa shape index (κ3) is 3.96. The molecule has 1 heterocycles. The molecule has 2 N–H and O–H groups in total. The third-order valence-electron chi connectivity index (χ3n) is 4.60. The van der Waals surface area contributed by atoms with E-state index in [4.69, 9.17) is 10.5 Å². The Morgan fingerprint density at radius 1 is 1.00 bits per heavy atom. The second-order valence-electron chi connectivity index (χ2n) is 6.29. The summed E-state index contributed by atoms with van der Waals surface area (Å²) >= 11 is 0. The molecule has 2 aromatic rings. The lowest BCUT2D eigenvalue weighted by atomic mass is 10.1. The molecule has 1 aliphatic rings. The molecule has 1 fully saturated rings. The van der Waals surface area contributed by atoms with Gasteiger partial charge >= 0.3 is 0 Å². The number of carbonyl (C=O) groups is 2. The molecule has 0 unspecified atom stereocenters. The molecular formula is C20H23N3O3. The molecule has 1 saturated heterocycles. The molecule has 6 heteroatoms. The number of hydrogen-bond acceptors (Lipinski definition) is 4. The number of methoxy groups -OCH3 is 1. The van der Waals surface area contributed by atoms with Gasteiger partial charge in [0, 0.05) is 31.9 Å². The molecule has 3 rings (SSSR count). The van der Waals surface area contributed by atoms with Crippen LogP contribution in [0, 0.1) is 0 Å². The Bertz CT molecular complexity index is 798. The minimum absolute atomic E-state index is 0.0598. The van der Waals surface area contributed by atoms with E-state index in [9.17, 15) is 9.59 Å². The second kappa shape index (κ2) is 7.91. The van der Waals surface area contributed by atoms with E-state index in [0.717, 1.165) is 11.3 Å². The van der Waals surface area contributed by atoms with Crippen molar-refractivity contribution in [3.05, 3.63) is 59.7 Å². The van der Waals surface area contributed by atoms with E-state index in [0.29, 0.717) is 43.9 Å². The van der Waals surface area contributed by atoms with Crippen LogP contribution in [0.15, 0.2) is 48.5 Å². The van der Waals surface area contributed by atoms with Crippen molar-refractivity contribution in [2.75, 3.05) is 39.0 Å². The van der Waals surface area contributed by atoms with Crippen molar-refractivity contribution in [1.29, 1.82) is 0 Å². The zero-order valence-corrected chi connectivity index (χ0v) is 14.9. The maximum Gasteiger partial charge on any atom is 0.256 e. The lowest BCUT2D eigenvalue weighted by molar-refractivity contribution is -0.131. The fourth-order valence-electron chi connectivity index (χ4n) is 3.09. The summed E-state index contributed by atoms with van der Waals surface area (Å²) in [7, 11) is 1.61. The van der Waals surface area contributed by atoms with Gasteiger partial charge in [-0.05, 0) is 29.8 Å². The van der Waals surface area contributed by atoms with E-state index < -0.39 is 0 Å². The Kier molecular flexibility index (Phi) is 5.41. The van der Waals surface area contributed by atoms with Crippen molar-refractivity contribution in [3.63, 3.8) is 0 Å². The Hall–Kier alpha value is -3.02. The Balaban J connectivity index is 1.57. The smallest absolute Gasteiger partial charge is 0.256 e. The lowest BCUT2D eigenvalue weighted by Gasteiger charge is -2.35. The molecule has 0 spiro atoms. The number of anilines is 1. The molecule has 0 aliphatic carbocycles. The van der Waals surface area contributed by atoms with Crippen molar-refractivity contribution in [2.45, 2.75) is 6.42 Å². The van der Waals surface area contributed by atoms with Crippen LogP contribution in [0.25, 0.3) is 0 Å². The molecule has 0 radical (unpaired) electrons. The first-order valence-electron chi connectivity index (χ1n) is 8.63. The SMILES string of the molecule is COc1cccc(CC(=O)N2CCN(C(=O)c3ccccc3N)CC2)c1. The van der Waals surface area contributed by atoms with Gasteiger partial charge in [-0.15, -0.1) is 0 Å². The second-order valence-corrected chi connectivity index (χ2v) is 6.29. The van der Waals surface area contributed by atoms with Crippen molar-refractivity contribution in [3.8, 4) is 5.75 Å². The van der Waals surface area contributed by atoms with Gasteiger partial charge in [-0.1, -0.05) is 24.3 Å². The topological polar surface area (TPSA) is 75.9 Å². The average molecular weight is 353 g/mol. The van der Waals surface area contributed by atoms with Crippen LogP contribution in [-0.2, 0) is 11.2 Å². The van der Waals surface area contributed by atoms with Gasteiger partial charge in [0.1, 0.15) is 5.75 Å². The lowest BCUT2D eigenvalue weighted by Crippen LogP contribution is -2.51. The summed E-state index contributed by atoms with van der Waals surface area (Å²) in [6, 6.07) is 14.6. The van der Waals surface area contributed by atoms with Crippen LogP contribution >= 0.6 is 0 Å². The number of amides is 2. The van der Waals surface area contributed by atoms with Gasteiger partial charge in [0.25, 0.3) is 5.91 Å². The third-order valence-corrected chi connectivity index (χ3v) is 4.60. The minimum Gasteiger partial charge on any atom is -0.497 e. The van der Waals surface area contributed by atoms with E-state index in [2.05, 4.69) is 0 Å². The zero-order valence-electron chi connectivity index (χ0n) is 14.9. The number of rotatable bonds is 4. The summed E-state index contributed by atoms with van der Waals surface area (Å²) in [6.45, 7) is 2.08. The molecule has 1 aliphatic heterocycles. The number of hydrogen-bond donors (Lipinski definition) is 1. The summed E-state index contributed by atoms with van der Waals surface area (Å²) in [5.74, 6) is 0.721. The van der Waals surface area contributed by atoms with Gasteiger partial charge in [0.05, 0.1) is 19.1 Å². The number of carbonyl (C=O) groups excluding carboxylic acids is 2. The Labute approximate surface area is 153 Å². The number of nitrogens with zero attached hydrogens (tertiary/aromatic N) is 2. The van der Waals surface area contributed by atoms with Crippen LogP contribution in [0.3, 0.4) is 0 Å². The molecule has 0 atom stereocenters. The highest BCUT2D eigenvalue weighted by atomic mass is 16.5. The molecular weight excluding hydrogens is 330 g/mol. The highest BCUT2D eigenvalue weighted by molar-refractivity contribution is 5.99. The van der Waals surface area contributed by atoms with E-state index in [1.54, 1.807) is 41.2 Å². The average Bonchev–Trinajstić information content (AvgIpc) is 2.68.